The number of benzene rings is 3. The average molecular weight is 511 g/mol. The highest BCUT2D eigenvalue weighted by atomic mass is 35.5. The van der Waals surface area contributed by atoms with Crippen molar-refractivity contribution in [1.82, 2.24) is 4.90 Å². The number of nitrogens with one attached hydrogen (secondary N) is 1. The first-order chi connectivity index (χ1) is 16.8. The molecule has 3 aromatic carbocycles. The normalized spacial score (nSPS) is 14.5. The lowest BCUT2D eigenvalue weighted by atomic mass is 10.2. The van der Waals surface area contributed by atoms with Crippen molar-refractivity contribution in [2.24, 2.45) is 0 Å². The lowest BCUT2D eigenvalue weighted by molar-refractivity contribution is -0.123. The van der Waals surface area contributed by atoms with Crippen LogP contribution >= 0.6 is 23.4 Å². The van der Waals surface area contributed by atoms with E-state index in [-0.39, 0.29) is 34.6 Å². The molecular formula is C26H20ClFN2O4S. The summed E-state index contributed by atoms with van der Waals surface area (Å²) in [7, 11) is 0. The van der Waals surface area contributed by atoms with Crippen LogP contribution in [-0.2, 0) is 16.1 Å². The minimum atomic E-state index is -0.507. The van der Waals surface area contributed by atoms with Gasteiger partial charge >= 0.3 is 0 Å². The van der Waals surface area contributed by atoms with Crippen LogP contribution in [0.4, 0.5) is 14.9 Å². The molecule has 1 fully saturated rings. The van der Waals surface area contributed by atoms with E-state index in [0.717, 1.165) is 22.2 Å². The molecule has 4 rings (SSSR count). The van der Waals surface area contributed by atoms with E-state index in [4.69, 9.17) is 16.3 Å². The number of ether oxygens (including phenoxy) is 1. The monoisotopic (exact) mass is 510 g/mol. The second-order valence-corrected chi connectivity index (χ2v) is 9.16. The minimum Gasteiger partial charge on any atom is -0.482 e. The Balaban J connectivity index is 1.39. The molecule has 0 spiro atoms. The lowest BCUT2D eigenvalue weighted by Crippen LogP contribution is -2.27. The molecule has 9 heteroatoms. The summed E-state index contributed by atoms with van der Waals surface area (Å²) < 4.78 is 19.5. The number of aryl methyl sites for hydroxylation is 1. The summed E-state index contributed by atoms with van der Waals surface area (Å²) in [6.07, 6.45) is 1.53. The van der Waals surface area contributed by atoms with Crippen molar-refractivity contribution >= 4 is 52.2 Å². The predicted molar refractivity (Wildman–Crippen MR) is 135 cm³/mol. The maximum atomic E-state index is 13.9. The number of nitrogens with zero attached hydrogens (tertiary/aromatic N) is 1. The molecule has 178 valence electrons. The van der Waals surface area contributed by atoms with Crippen LogP contribution in [0.5, 0.6) is 5.75 Å². The topological polar surface area (TPSA) is 75.7 Å². The van der Waals surface area contributed by atoms with Crippen LogP contribution in [0.2, 0.25) is 5.02 Å². The van der Waals surface area contributed by atoms with Crippen LogP contribution in [0.3, 0.4) is 0 Å². The van der Waals surface area contributed by atoms with Gasteiger partial charge in [0.2, 0.25) is 0 Å². The third kappa shape index (κ3) is 6.09. The molecule has 0 aliphatic carbocycles. The zero-order valence-corrected chi connectivity index (χ0v) is 20.2. The molecule has 1 aliphatic heterocycles. The van der Waals surface area contributed by atoms with Gasteiger partial charge in [0.1, 0.15) is 11.6 Å². The Morgan fingerprint density at radius 3 is 2.66 bits per heavy atom. The molecule has 0 aromatic heterocycles. The van der Waals surface area contributed by atoms with E-state index < -0.39 is 17.0 Å². The van der Waals surface area contributed by atoms with Crippen molar-refractivity contribution in [3.8, 4) is 5.75 Å². The number of anilines is 1. The molecule has 0 bridgehead atoms. The fourth-order valence-electron chi connectivity index (χ4n) is 3.37. The molecule has 0 radical (unpaired) electrons. The molecule has 6 nitrogen and oxygen atoms in total. The van der Waals surface area contributed by atoms with E-state index in [1.54, 1.807) is 36.4 Å². The Morgan fingerprint density at radius 1 is 1.11 bits per heavy atom. The molecule has 0 atom stereocenters. The van der Waals surface area contributed by atoms with Crippen LogP contribution in [0.25, 0.3) is 6.08 Å². The number of carbonyl (C=O) groups excluding carboxylic acids is 3. The quantitative estimate of drug-likeness (QED) is 0.392. The summed E-state index contributed by atoms with van der Waals surface area (Å²) in [5, 5.41) is 2.52. The number of amides is 3. The Morgan fingerprint density at radius 2 is 1.91 bits per heavy atom. The van der Waals surface area contributed by atoms with Gasteiger partial charge in [-0.05, 0) is 66.2 Å². The van der Waals surface area contributed by atoms with Crippen molar-refractivity contribution in [2.75, 3.05) is 11.9 Å². The van der Waals surface area contributed by atoms with Gasteiger partial charge in [-0.3, -0.25) is 19.3 Å². The summed E-state index contributed by atoms with van der Waals surface area (Å²) >= 11 is 7.08. The summed E-state index contributed by atoms with van der Waals surface area (Å²) in [6, 6.07) is 18.2. The number of carbonyl (C=O) groups is 3. The summed E-state index contributed by atoms with van der Waals surface area (Å²) in [6.45, 7) is 1.55. The first-order valence-electron chi connectivity index (χ1n) is 10.6. The van der Waals surface area contributed by atoms with Crippen LogP contribution < -0.4 is 10.1 Å². The molecule has 0 unspecified atom stereocenters. The standard InChI is InChI=1S/C26H20ClFN2O4S/c1-16-5-4-7-19(11-16)29-24(31)15-34-22-10-9-17(12-20(22)27)13-23-25(32)30(26(33)35-23)14-18-6-2-3-8-21(18)28/h2-13H,14-15H2,1H3,(H,29,31)/b23-13-. The van der Waals surface area contributed by atoms with Crippen LogP contribution in [0.1, 0.15) is 16.7 Å². The van der Waals surface area contributed by atoms with Gasteiger partial charge in [-0.15, -0.1) is 0 Å². The van der Waals surface area contributed by atoms with Gasteiger partial charge in [0.05, 0.1) is 16.5 Å². The zero-order chi connectivity index (χ0) is 24.9. The van der Waals surface area contributed by atoms with Gasteiger partial charge in [0, 0.05) is 11.3 Å². The molecule has 3 aromatic rings. The number of thioether (sulfide) groups is 1. The van der Waals surface area contributed by atoms with E-state index in [0.29, 0.717) is 17.0 Å². The molecule has 1 N–H and O–H groups in total. The molecule has 1 aliphatic rings. The molecule has 1 heterocycles. The van der Waals surface area contributed by atoms with Gasteiger partial charge in [-0.1, -0.05) is 48.0 Å². The molecular weight excluding hydrogens is 491 g/mol. The molecule has 35 heavy (non-hydrogen) atoms. The van der Waals surface area contributed by atoms with Gasteiger partial charge in [-0.2, -0.15) is 0 Å². The molecule has 3 amide bonds. The number of halogens is 2. The van der Waals surface area contributed by atoms with E-state index in [2.05, 4.69) is 5.32 Å². The molecule has 0 saturated carbocycles. The second kappa shape index (κ2) is 10.8. The SMILES string of the molecule is Cc1cccc(NC(=O)COc2ccc(/C=C3\SC(=O)N(Cc4ccccc4F)C3=O)cc2Cl)c1. The summed E-state index contributed by atoms with van der Waals surface area (Å²) in [5.74, 6) is -1.02. The van der Waals surface area contributed by atoms with Crippen molar-refractivity contribution < 1.29 is 23.5 Å². The Hall–Kier alpha value is -3.62. The second-order valence-electron chi connectivity index (χ2n) is 7.76. The van der Waals surface area contributed by atoms with Crippen molar-refractivity contribution in [3.63, 3.8) is 0 Å². The highest BCUT2D eigenvalue weighted by Gasteiger charge is 2.35. The zero-order valence-electron chi connectivity index (χ0n) is 18.6. The largest absolute Gasteiger partial charge is 0.482 e. The first-order valence-corrected chi connectivity index (χ1v) is 11.8. The minimum absolute atomic E-state index is 0.146. The highest BCUT2D eigenvalue weighted by Crippen LogP contribution is 2.35. The Bertz CT molecular complexity index is 1340. The first kappa shape index (κ1) is 24.5. The molecule has 1 saturated heterocycles. The predicted octanol–water partition coefficient (Wildman–Crippen LogP) is 6.04. The number of hydrogen-bond donors (Lipinski definition) is 1. The third-order valence-corrected chi connectivity index (χ3v) is 6.28. The number of hydrogen-bond acceptors (Lipinski definition) is 5. The average Bonchev–Trinajstić information content (AvgIpc) is 3.07. The number of rotatable bonds is 7. The maximum Gasteiger partial charge on any atom is 0.293 e. The lowest BCUT2D eigenvalue weighted by Gasteiger charge is -2.12. The maximum absolute atomic E-state index is 13.9. The van der Waals surface area contributed by atoms with E-state index in [1.165, 1.54) is 18.2 Å². The fourth-order valence-corrected chi connectivity index (χ4v) is 4.45. The van der Waals surface area contributed by atoms with Gasteiger partial charge < -0.3 is 10.1 Å². The van der Waals surface area contributed by atoms with Crippen LogP contribution in [0, 0.1) is 12.7 Å². The summed E-state index contributed by atoms with van der Waals surface area (Å²) in [4.78, 5) is 38.4. The summed E-state index contributed by atoms with van der Waals surface area (Å²) in [5.41, 5.74) is 2.52. The van der Waals surface area contributed by atoms with Gasteiger partial charge in [0.25, 0.3) is 17.1 Å². The Kier molecular flexibility index (Phi) is 7.53. The Labute approximate surface area is 210 Å². The van der Waals surface area contributed by atoms with Crippen molar-refractivity contribution in [3.05, 3.63) is 99.2 Å². The number of imide groups is 1. The third-order valence-electron chi connectivity index (χ3n) is 5.07. The van der Waals surface area contributed by atoms with Crippen LogP contribution in [-0.4, -0.2) is 28.6 Å². The smallest absolute Gasteiger partial charge is 0.293 e. The van der Waals surface area contributed by atoms with Gasteiger partial charge in [0.15, 0.2) is 6.61 Å². The van der Waals surface area contributed by atoms with Crippen LogP contribution in [0.15, 0.2) is 71.6 Å². The highest BCUT2D eigenvalue weighted by molar-refractivity contribution is 8.18. The van der Waals surface area contributed by atoms with E-state index in [9.17, 15) is 18.8 Å². The fraction of sp³-hybridized carbons (Fsp3) is 0.115. The van der Waals surface area contributed by atoms with Gasteiger partial charge in [-0.25, -0.2) is 4.39 Å². The van der Waals surface area contributed by atoms with E-state index in [1.807, 2.05) is 25.1 Å². The van der Waals surface area contributed by atoms with E-state index >= 15 is 0 Å². The van der Waals surface area contributed by atoms with Crippen molar-refractivity contribution in [2.45, 2.75) is 13.5 Å². The van der Waals surface area contributed by atoms with Crippen molar-refractivity contribution in [1.29, 1.82) is 0 Å².